The summed E-state index contributed by atoms with van der Waals surface area (Å²) >= 11 is 12.4. The van der Waals surface area contributed by atoms with Gasteiger partial charge in [0.2, 0.25) is 11.8 Å². The van der Waals surface area contributed by atoms with E-state index in [1.54, 1.807) is 61.5 Å². The van der Waals surface area contributed by atoms with Gasteiger partial charge in [0.05, 0.1) is 10.6 Å². The maximum absolute atomic E-state index is 13.9. The number of hydrogen-bond acceptors (Lipinski definition) is 4. The Morgan fingerprint density at radius 2 is 1.51 bits per heavy atom. The Morgan fingerprint density at radius 1 is 0.897 bits per heavy atom. The molecule has 0 radical (unpaired) electrons. The van der Waals surface area contributed by atoms with Gasteiger partial charge in [0.1, 0.15) is 12.6 Å². The van der Waals surface area contributed by atoms with E-state index in [0.29, 0.717) is 22.2 Å². The third kappa shape index (κ3) is 8.21. The Balaban J connectivity index is 2.01. The van der Waals surface area contributed by atoms with Crippen molar-refractivity contribution in [1.29, 1.82) is 0 Å². The molecule has 0 unspecified atom stereocenters. The molecule has 1 N–H and O–H groups in total. The predicted molar refractivity (Wildman–Crippen MR) is 156 cm³/mol. The van der Waals surface area contributed by atoms with E-state index in [2.05, 4.69) is 5.32 Å². The van der Waals surface area contributed by atoms with Crippen LogP contribution in [0.25, 0.3) is 0 Å². The van der Waals surface area contributed by atoms with Crippen molar-refractivity contribution in [1.82, 2.24) is 10.2 Å². The number of carbonyl (C=O) groups is 2. The Hall–Kier alpha value is -3.07. The van der Waals surface area contributed by atoms with E-state index < -0.39 is 28.5 Å². The SMILES string of the molecule is Cc1ccc(S(=O)(=O)N(CC(=O)N(Cc2cccc(Cl)c2)[C@H](C)C(=O)NCC(C)C)c2cccc(Cl)c2)cc1. The van der Waals surface area contributed by atoms with Crippen LogP contribution in [0.2, 0.25) is 10.0 Å². The number of rotatable bonds is 11. The summed E-state index contributed by atoms with van der Waals surface area (Å²) in [5.74, 6) is -0.677. The number of hydrogen-bond donors (Lipinski definition) is 1. The summed E-state index contributed by atoms with van der Waals surface area (Å²) in [6.45, 7) is 7.38. The van der Waals surface area contributed by atoms with Crippen molar-refractivity contribution in [3.05, 3.63) is 94.0 Å². The molecule has 0 saturated heterocycles. The molecule has 208 valence electrons. The highest BCUT2D eigenvalue weighted by molar-refractivity contribution is 7.92. The van der Waals surface area contributed by atoms with Crippen molar-refractivity contribution in [2.75, 3.05) is 17.4 Å². The van der Waals surface area contributed by atoms with Crippen LogP contribution in [-0.2, 0) is 26.2 Å². The lowest BCUT2D eigenvalue weighted by Crippen LogP contribution is -2.51. The Morgan fingerprint density at radius 3 is 2.10 bits per heavy atom. The van der Waals surface area contributed by atoms with Crippen LogP contribution in [-0.4, -0.2) is 44.3 Å². The second-order valence-electron chi connectivity index (χ2n) is 9.77. The zero-order chi connectivity index (χ0) is 28.7. The van der Waals surface area contributed by atoms with E-state index >= 15 is 0 Å². The molecular formula is C29H33Cl2N3O4S. The molecule has 10 heteroatoms. The van der Waals surface area contributed by atoms with Gasteiger partial charge in [-0.3, -0.25) is 13.9 Å². The van der Waals surface area contributed by atoms with Gasteiger partial charge in [-0.1, -0.05) is 72.9 Å². The molecule has 0 fully saturated rings. The fourth-order valence-corrected chi connectivity index (χ4v) is 5.67. The second-order valence-corrected chi connectivity index (χ2v) is 12.5. The van der Waals surface area contributed by atoms with Crippen molar-refractivity contribution in [3.8, 4) is 0 Å². The molecule has 0 aromatic heterocycles. The maximum Gasteiger partial charge on any atom is 0.264 e. The van der Waals surface area contributed by atoms with Crippen LogP contribution >= 0.6 is 23.2 Å². The van der Waals surface area contributed by atoms with Gasteiger partial charge < -0.3 is 10.2 Å². The van der Waals surface area contributed by atoms with Crippen molar-refractivity contribution in [3.63, 3.8) is 0 Å². The Kier molecular flexibility index (Phi) is 10.4. The third-order valence-electron chi connectivity index (χ3n) is 6.08. The van der Waals surface area contributed by atoms with Crippen LogP contribution in [0.1, 0.15) is 31.9 Å². The smallest absolute Gasteiger partial charge is 0.264 e. The van der Waals surface area contributed by atoms with Gasteiger partial charge in [-0.05, 0) is 67.8 Å². The number of anilines is 1. The summed E-state index contributed by atoms with van der Waals surface area (Å²) in [4.78, 5) is 28.3. The number of aryl methyl sites for hydroxylation is 1. The van der Waals surface area contributed by atoms with E-state index in [0.717, 1.165) is 9.87 Å². The lowest BCUT2D eigenvalue weighted by Gasteiger charge is -2.32. The first kappa shape index (κ1) is 30.5. The molecule has 0 spiro atoms. The summed E-state index contributed by atoms with van der Waals surface area (Å²) < 4.78 is 28.6. The van der Waals surface area contributed by atoms with E-state index in [1.807, 2.05) is 20.8 Å². The molecule has 0 heterocycles. The lowest BCUT2D eigenvalue weighted by atomic mass is 10.1. The summed E-state index contributed by atoms with van der Waals surface area (Å²) in [7, 11) is -4.16. The first-order chi connectivity index (χ1) is 18.4. The molecule has 39 heavy (non-hydrogen) atoms. The Labute approximate surface area is 240 Å². The van der Waals surface area contributed by atoms with Crippen LogP contribution in [0.15, 0.2) is 77.7 Å². The number of nitrogens with one attached hydrogen (secondary N) is 1. The average molecular weight is 591 g/mol. The van der Waals surface area contributed by atoms with E-state index in [9.17, 15) is 18.0 Å². The number of halogens is 2. The second kappa shape index (κ2) is 13.3. The molecule has 0 bridgehead atoms. The monoisotopic (exact) mass is 589 g/mol. The fourth-order valence-electron chi connectivity index (χ4n) is 3.86. The van der Waals surface area contributed by atoms with Crippen LogP contribution in [0.4, 0.5) is 5.69 Å². The summed E-state index contributed by atoms with van der Waals surface area (Å²) in [5, 5.41) is 3.67. The zero-order valence-corrected chi connectivity index (χ0v) is 24.7. The number of sulfonamides is 1. The van der Waals surface area contributed by atoms with Gasteiger partial charge in [0.25, 0.3) is 10.0 Å². The van der Waals surface area contributed by atoms with Crippen LogP contribution in [0, 0.1) is 12.8 Å². The summed E-state index contributed by atoms with van der Waals surface area (Å²) in [6.07, 6.45) is 0. The number of carbonyl (C=O) groups excluding carboxylic acids is 2. The number of benzene rings is 3. The highest BCUT2D eigenvalue weighted by Crippen LogP contribution is 2.27. The van der Waals surface area contributed by atoms with Crippen molar-refractivity contribution < 1.29 is 18.0 Å². The zero-order valence-electron chi connectivity index (χ0n) is 22.4. The van der Waals surface area contributed by atoms with Gasteiger partial charge in [-0.2, -0.15) is 0 Å². The lowest BCUT2D eigenvalue weighted by molar-refractivity contribution is -0.139. The standard InChI is InChI=1S/C29H33Cl2N3O4S/c1-20(2)17-32-29(36)22(4)33(18-23-7-5-8-24(30)15-23)28(35)19-34(26-10-6-9-25(31)16-26)39(37,38)27-13-11-21(3)12-14-27/h5-16,20,22H,17-19H2,1-4H3,(H,32,36)/t22-/m1/s1. The largest absolute Gasteiger partial charge is 0.354 e. The first-order valence-corrected chi connectivity index (χ1v) is 14.7. The predicted octanol–water partition coefficient (Wildman–Crippen LogP) is 5.69. The van der Waals surface area contributed by atoms with Crippen LogP contribution < -0.4 is 9.62 Å². The molecule has 0 aliphatic heterocycles. The maximum atomic E-state index is 13.9. The van der Waals surface area contributed by atoms with Gasteiger partial charge in [0.15, 0.2) is 0 Å². The summed E-state index contributed by atoms with van der Waals surface area (Å²) in [6, 6.07) is 18.8. The molecule has 3 rings (SSSR count). The molecular weight excluding hydrogens is 557 g/mol. The normalized spacial score (nSPS) is 12.2. The molecule has 0 aliphatic carbocycles. The van der Waals surface area contributed by atoms with Gasteiger partial charge >= 0.3 is 0 Å². The minimum Gasteiger partial charge on any atom is -0.354 e. The van der Waals surface area contributed by atoms with Crippen molar-refractivity contribution >= 4 is 50.7 Å². The minimum absolute atomic E-state index is 0.0324. The van der Waals surface area contributed by atoms with Crippen molar-refractivity contribution in [2.24, 2.45) is 5.92 Å². The number of nitrogens with zero attached hydrogens (tertiary/aromatic N) is 2. The van der Waals surface area contributed by atoms with Gasteiger partial charge in [0, 0.05) is 23.1 Å². The highest BCUT2D eigenvalue weighted by Gasteiger charge is 2.32. The molecule has 3 aromatic carbocycles. The van der Waals surface area contributed by atoms with Gasteiger partial charge in [-0.25, -0.2) is 8.42 Å². The highest BCUT2D eigenvalue weighted by atomic mass is 35.5. The quantitative estimate of drug-likeness (QED) is 0.311. The van der Waals surface area contributed by atoms with E-state index in [1.165, 1.54) is 23.1 Å². The van der Waals surface area contributed by atoms with Crippen LogP contribution in [0.5, 0.6) is 0 Å². The average Bonchev–Trinajstić information content (AvgIpc) is 2.88. The van der Waals surface area contributed by atoms with E-state index in [-0.39, 0.29) is 29.0 Å². The fraction of sp³-hybridized carbons (Fsp3) is 0.310. The molecule has 7 nitrogen and oxygen atoms in total. The number of amides is 2. The third-order valence-corrected chi connectivity index (χ3v) is 8.34. The summed E-state index contributed by atoms with van der Waals surface area (Å²) in [5.41, 5.74) is 1.83. The van der Waals surface area contributed by atoms with Crippen LogP contribution in [0.3, 0.4) is 0 Å². The molecule has 0 saturated carbocycles. The molecule has 0 aliphatic rings. The minimum atomic E-state index is -4.16. The van der Waals surface area contributed by atoms with Gasteiger partial charge in [-0.15, -0.1) is 0 Å². The topological polar surface area (TPSA) is 86.8 Å². The molecule has 1 atom stereocenters. The molecule has 2 amide bonds. The molecule has 3 aromatic rings. The van der Waals surface area contributed by atoms with Crippen molar-refractivity contribution in [2.45, 2.75) is 45.2 Å². The first-order valence-electron chi connectivity index (χ1n) is 12.5. The van der Waals surface area contributed by atoms with E-state index in [4.69, 9.17) is 23.2 Å². The Bertz CT molecular complexity index is 1410.